The summed E-state index contributed by atoms with van der Waals surface area (Å²) in [5.74, 6) is -2.61. The Labute approximate surface area is 130 Å². The normalized spacial score (nSPS) is 16.7. The Balaban J connectivity index is 0.000000203. The zero-order chi connectivity index (χ0) is 17.0. The van der Waals surface area contributed by atoms with Crippen molar-refractivity contribution in [3.8, 4) is 0 Å². The molecular weight excluding hydrogens is 304 g/mol. The highest BCUT2D eigenvalue weighted by molar-refractivity contribution is 6.33. The first kappa shape index (κ1) is 16.2. The highest BCUT2D eigenvalue weighted by Crippen LogP contribution is 2.11. The van der Waals surface area contributed by atoms with Crippen LogP contribution in [0.1, 0.15) is 23.2 Å². The minimum absolute atomic E-state index is 0.105. The lowest BCUT2D eigenvalue weighted by molar-refractivity contribution is -0.171. The number of carbonyl (C=O) groups excluding carboxylic acids is 5. The quantitative estimate of drug-likeness (QED) is 0.342. The van der Waals surface area contributed by atoms with Crippen LogP contribution in [0.3, 0.4) is 0 Å². The van der Waals surface area contributed by atoms with Gasteiger partial charge in [-0.1, -0.05) is 30.3 Å². The van der Waals surface area contributed by atoms with E-state index >= 15 is 0 Å². The Hall–Kier alpha value is -3.13. The van der Waals surface area contributed by atoms with Crippen LogP contribution in [-0.2, 0) is 19.2 Å². The molecule has 2 aliphatic heterocycles. The van der Waals surface area contributed by atoms with Gasteiger partial charge in [0.1, 0.15) is 0 Å². The number of nitrogens with one attached hydrogen (secondary N) is 1. The fourth-order valence-corrected chi connectivity index (χ4v) is 1.89. The van der Waals surface area contributed by atoms with E-state index in [1.807, 2.05) is 5.32 Å². The lowest BCUT2D eigenvalue weighted by Crippen LogP contribution is -2.24. The van der Waals surface area contributed by atoms with Crippen molar-refractivity contribution in [3.05, 3.63) is 47.5 Å². The fraction of sp³-hybridized carbons (Fsp3) is 0.133. The van der Waals surface area contributed by atoms with Gasteiger partial charge in [-0.05, 0) is 0 Å². The van der Waals surface area contributed by atoms with E-state index in [2.05, 4.69) is 0 Å². The Morgan fingerprint density at radius 2 is 1.57 bits per heavy atom. The molecule has 1 fully saturated rings. The second-order valence-electron chi connectivity index (χ2n) is 4.67. The molecule has 0 aliphatic carbocycles. The third kappa shape index (κ3) is 3.74. The predicted octanol–water partition coefficient (Wildman–Crippen LogP) is -0.0233. The maximum atomic E-state index is 11.7. The summed E-state index contributed by atoms with van der Waals surface area (Å²) in [5, 5.41) is 10.6. The molecule has 3 rings (SSSR count). The molecule has 4 amide bonds. The zero-order valence-corrected chi connectivity index (χ0v) is 11.8. The second-order valence-corrected chi connectivity index (χ2v) is 4.67. The predicted molar refractivity (Wildman–Crippen MR) is 74.9 cm³/mol. The van der Waals surface area contributed by atoms with Gasteiger partial charge in [0.25, 0.3) is 23.6 Å². The van der Waals surface area contributed by atoms with Crippen LogP contribution in [0, 0.1) is 0 Å². The second kappa shape index (κ2) is 6.75. The number of hydrogen-bond donors (Lipinski definition) is 2. The van der Waals surface area contributed by atoms with E-state index in [1.54, 1.807) is 30.3 Å². The lowest BCUT2D eigenvalue weighted by Gasteiger charge is -1.98. The van der Waals surface area contributed by atoms with Crippen molar-refractivity contribution >= 4 is 29.4 Å². The first-order chi connectivity index (χ1) is 10.9. The summed E-state index contributed by atoms with van der Waals surface area (Å²) in [7, 11) is 0. The van der Waals surface area contributed by atoms with E-state index in [0.29, 0.717) is 5.56 Å². The third-order valence-corrected chi connectivity index (χ3v) is 3.06. The summed E-state index contributed by atoms with van der Waals surface area (Å²) >= 11 is 0. The van der Waals surface area contributed by atoms with Crippen LogP contribution in [0.2, 0.25) is 0 Å². The Morgan fingerprint density at radius 3 is 1.96 bits per heavy atom. The smallest absolute Gasteiger partial charge is 0.262 e. The average molecular weight is 316 g/mol. The van der Waals surface area contributed by atoms with Gasteiger partial charge in [-0.15, -0.1) is 0 Å². The van der Waals surface area contributed by atoms with Crippen molar-refractivity contribution in [3.63, 3.8) is 0 Å². The number of Topliss-reactive ketones (excluding diaryl/α,β-unsaturated/α-hetero) is 1. The summed E-state index contributed by atoms with van der Waals surface area (Å²) in [6, 6.07) is 8.36. The summed E-state index contributed by atoms with van der Waals surface area (Å²) in [5.41, 5.74) is 0.291. The molecule has 0 atom stereocenters. The molecule has 23 heavy (non-hydrogen) atoms. The zero-order valence-electron chi connectivity index (χ0n) is 11.8. The highest BCUT2D eigenvalue weighted by Gasteiger charge is 2.27. The summed E-state index contributed by atoms with van der Waals surface area (Å²) < 4.78 is 0. The van der Waals surface area contributed by atoms with Gasteiger partial charge in [-0.25, -0.2) is 0 Å². The minimum atomic E-state index is -0.631. The van der Waals surface area contributed by atoms with E-state index < -0.39 is 29.4 Å². The van der Waals surface area contributed by atoms with Crippen LogP contribution in [0.25, 0.3) is 0 Å². The summed E-state index contributed by atoms with van der Waals surface area (Å²) in [6.45, 7) is 0. The molecule has 0 saturated carbocycles. The maximum Gasteiger partial charge on any atom is 0.262 e. The van der Waals surface area contributed by atoms with Gasteiger partial charge in [0.2, 0.25) is 0 Å². The number of ketones is 1. The van der Waals surface area contributed by atoms with Gasteiger partial charge in [0.15, 0.2) is 5.78 Å². The molecule has 2 aliphatic rings. The first-order valence-corrected chi connectivity index (χ1v) is 6.61. The van der Waals surface area contributed by atoms with Crippen molar-refractivity contribution in [1.29, 1.82) is 0 Å². The van der Waals surface area contributed by atoms with Crippen LogP contribution in [0.15, 0.2) is 42.0 Å². The monoisotopic (exact) mass is 316 g/mol. The molecule has 0 bridgehead atoms. The molecule has 0 radical (unpaired) electrons. The van der Waals surface area contributed by atoms with Gasteiger partial charge in [-0.2, -0.15) is 5.06 Å². The van der Waals surface area contributed by atoms with Crippen LogP contribution >= 0.6 is 0 Å². The number of nitrogens with zero attached hydrogens (tertiary/aromatic N) is 1. The molecule has 8 nitrogen and oxygen atoms in total. The van der Waals surface area contributed by atoms with Crippen LogP contribution in [0.5, 0.6) is 0 Å². The topological polar surface area (TPSA) is 121 Å². The van der Waals surface area contributed by atoms with Gasteiger partial charge in [0, 0.05) is 24.5 Å². The van der Waals surface area contributed by atoms with Crippen LogP contribution in [0.4, 0.5) is 0 Å². The van der Waals surface area contributed by atoms with Gasteiger partial charge >= 0.3 is 0 Å². The van der Waals surface area contributed by atoms with E-state index in [-0.39, 0.29) is 23.5 Å². The number of rotatable bonds is 2. The lowest BCUT2D eigenvalue weighted by atomic mass is 10.0. The number of hydrogen-bond acceptors (Lipinski definition) is 6. The minimum Gasteiger partial charge on any atom is -0.289 e. The molecule has 1 aromatic carbocycles. The van der Waals surface area contributed by atoms with Crippen LogP contribution < -0.4 is 5.32 Å². The van der Waals surface area contributed by atoms with Gasteiger partial charge < -0.3 is 0 Å². The number of hydroxylamine groups is 2. The van der Waals surface area contributed by atoms with E-state index in [9.17, 15) is 24.0 Å². The molecule has 1 saturated heterocycles. The number of benzene rings is 1. The van der Waals surface area contributed by atoms with Crippen molar-refractivity contribution in [2.24, 2.45) is 0 Å². The number of imide groups is 2. The molecule has 118 valence electrons. The Morgan fingerprint density at radius 1 is 1.00 bits per heavy atom. The first-order valence-electron chi connectivity index (χ1n) is 6.61. The van der Waals surface area contributed by atoms with Crippen molar-refractivity contribution < 1.29 is 29.2 Å². The molecule has 2 N–H and O–H groups in total. The van der Waals surface area contributed by atoms with E-state index in [4.69, 9.17) is 5.21 Å². The van der Waals surface area contributed by atoms with Crippen molar-refractivity contribution in [2.45, 2.75) is 12.8 Å². The molecule has 0 unspecified atom stereocenters. The molecule has 0 aromatic heterocycles. The molecule has 8 heteroatoms. The highest BCUT2D eigenvalue weighted by atomic mass is 16.5. The number of carbonyl (C=O) groups is 5. The van der Waals surface area contributed by atoms with Gasteiger partial charge in [0.05, 0.1) is 5.57 Å². The SMILES string of the molecule is O=C1C=C(C(=O)c2ccccc2)C(=O)N1.O=C1CCC(=O)N1O. The molecule has 2 heterocycles. The summed E-state index contributed by atoms with van der Waals surface area (Å²) in [4.78, 5) is 54.2. The van der Waals surface area contributed by atoms with Crippen molar-refractivity contribution in [2.75, 3.05) is 0 Å². The molecule has 1 aromatic rings. The van der Waals surface area contributed by atoms with E-state index in [0.717, 1.165) is 6.08 Å². The third-order valence-electron chi connectivity index (χ3n) is 3.06. The van der Waals surface area contributed by atoms with Crippen molar-refractivity contribution in [1.82, 2.24) is 10.4 Å². The fourth-order valence-electron chi connectivity index (χ4n) is 1.89. The molecule has 0 spiro atoms. The average Bonchev–Trinajstić information content (AvgIpc) is 3.04. The standard InChI is InChI=1S/C11H7NO3.C4H5NO3/c13-9-6-8(11(15)12-9)10(14)7-4-2-1-3-5-7;6-3-1-2-4(7)5(3)8/h1-6H,(H,12,13,15);8H,1-2H2. The number of amides is 4. The Bertz CT molecular complexity index is 707. The summed E-state index contributed by atoms with van der Waals surface area (Å²) in [6.07, 6.45) is 1.32. The van der Waals surface area contributed by atoms with E-state index in [1.165, 1.54) is 0 Å². The largest absolute Gasteiger partial charge is 0.289 e. The molecular formula is C15H12N2O6. The van der Waals surface area contributed by atoms with Crippen LogP contribution in [-0.4, -0.2) is 39.7 Å². The maximum absolute atomic E-state index is 11.7. The van der Waals surface area contributed by atoms with Gasteiger partial charge in [-0.3, -0.25) is 34.5 Å². The Kier molecular flexibility index (Phi) is 4.77.